The zero-order chi connectivity index (χ0) is 40.1. The molecule has 0 bridgehead atoms. The summed E-state index contributed by atoms with van der Waals surface area (Å²) in [6.45, 7) is 0. The van der Waals surface area contributed by atoms with Crippen LogP contribution in [0.25, 0.3) is 47.8 Å². The summed E-state index contributed by atoms with van der Waals surface area (Å²) in [6.07, 6.45) is 4.76. The molecule has 0 aliphatic heterocycles. The predicted molar refractivity (Wildman–Crippen MR) is 248 cm³/mol. The van der Waals surface area contributed by atoms with Gasteiger partial charge >= 0.3 is 5.97 Å². The van der Waals surface area contributed by atoms with Crippen molar-refractivity contribution in [3.8, 4) is 26.3 Å². The van der Waals surface area contributed by atoms with Gasteiger partial charge in [-0.15, -0.1) is 22.7 Å². The Hall–Kier alpha value is -7.50. The Morgan fingerprint density at radius 3 is 1.58 bits per heavy atom. The van der Waals surface area contributed by atoms with Crippen LogP contribution < -0.4 is 9.80 Å². The number of carboxylic acids is 1. The van der Waals surface area contributed by atoms with Gasteiger partial charge in [-0.1, -0.05) is 115 Å². The molecule has 1 N–H and O–H groups in total. The van der Waals surface area contributed by atoms with Crippen LogP contribution >= 0.6 is 22.7 Å². The molecule has 0 fully saturated rings. The van der Waals surface area contributed by atoms with Gasteiger partial charge in [-0.25, -0.2) is 4.79 Å². The number of rotatable bonds is 11. The topological polar surface area (TPSA) is 67.6 Å². The zero-order valence-corrected chi connectivity index (χ0v) is 33.3. The summed E-state index contributed by atoms with van der Waals surface area (Å²) < 4.78 is 0. The summed E-state index contributed by atoms with van der Waals surface area (Å²) in [4.78, 5) is 20.3. The monoisotopic (exact) mass is 797 g/mol. The number of anilines is 6. The van der Waals surface area contributed by atoms with Crippen LogP contribution in [0.5, 0.6) is 0 Å². The maximum atomic E-state index is 11.3. The minimum atomic E-state index is -1.24. The number of nitriles is 1. The molecule has 0 saturated carbocycles. The van der Waals surface area contributed by atoms with E-state index in [1.54, 1.807) is 34.8 Å². The maximum Gasteiger partial charge on any atom is 0.346 e. The molecule has 5 nitrogen and oxygen atoms in total. The zero-order valence-electron chi connectivity index (χ0n) is 31.6. The van der Waals surface area contributed by atoms with Crippen molar-refractivity contribution in [2.75, 3.05) is 9.80 Å². The minimum absolute atomic E-state index is 0.305. The summed E-state index contributed by atoms with van der Waals surface area (Å²) >= 11 is 3.35. The number of carbonyl (C=O) groups is 1. The second-order valence-electron chi connectivity index (χ2n) is 13.8. The molecule has 0 aliphatic carbocycles. The van der Waals surface area contributed by atoms with E-state index in [9.17, 15) is 9.90 Å². The van der Waals surface area contributed by atoms with Crippen molar-refractivity contribution in [1.82, 2.24) is 0 Å². The van der Waals surface area contributed by atoms with Crippen molar-refractivity contribution in [3.63, 3.8) is 0 Å². The highest BCUT2D eigenvalue weighted by molar-refractivity contribution is 7.24. The standard InChI is InChI=1S/C52H35N3O2S2/c53-35-38(52(56)57)18-11-23-44-28-29-50(58-44)51-31-30-49(59-51)39-32-42(54(40-19-3-1-4-20-40)47-26-12-16-36-14-7-9-24-45(36)47)34-43(33-39)55(41-21-5-2-6-22-41)48-27-13-17-37-15-8-10-25-46(37)48/h1-34H,(H,56,57)/b23-11+,38-18-. The van der Waals surface area contributed by atoms with Crippen molar-refractivity contribution < 1.29 is 9.90 Å². The first kappa shape index (κ1) is 37.1. The lowest BCUT2D eigenvalue weighted by Gasteiger charge is -2.31. The average molecular weight is 798 g/mol. The van der Waals surface area contributed by atoms with Crippen molar-refractivity contribution >= 4 is 90.4 Å². The Morgan fingerprint density at radius 2 is 1.02 bits per heavy atom. The van der Waals surface area contributed by atoms with Gasteiger partial charge < -0.3 is 14.9 Å². The van der Waals surface area contributed by atoms with Crippen molar-refractivity contribution in [2.45, 2.75) is 0 Å². The van der Waals surface area contributed by atoms with Gasteiger partial charge in [0.05, 0.1) is 11.4 Å². The molecular formula is C52H35N3O2S2. The molecule has 2 aromatic heterocycles. The Balaban J connectivity index is 1.24. The first-order valence-corrected chi connectivity index (χ1v) is 20.7. The van der Waals surface area contributed by atoms with E-state index in [2.05, 4.69) is 192 Å². The van der Waals surface area contributed by atoms with Gasteiger partial charge in [-0.05, 0) is 107 Å². The Labute approximate surface area is 350 Å². The molecule has 0 atom stereocenters. The number of benzene rings is 7. The fraction of sp³-hybridized carbons (Fsp3) is 0. The van der Waals surface area contributed by atoms with Gasteiger partial charge in [0.2, 0.25) is 0 Å². The Bertz CT molecular complexity index is 2920. The number of carboxylic acid groups (broad SMARTS) is 1. The number of aliphatic carboxylic acids is 1. The van der Waals surface area contributed by atoms with E-state index in [1.807, 2.05) is 12.1 Å². The number of thiophene rings is 2. The lowest BCUT2D eigenvalue weighted by atomic mass is 10.0. The highest BCUT2D eigenvalue weighted by Crippen LogP contribution is 2.47. The van der Waals surface area contributed by atoms with Gasteiger partial charge in [0.1, 0.15) is 11.6 Å². The molecule has 0 amide bonds. The molecule has 0 spiro atoms. The van der Waals surface area contributed by atoms with Crippen molar-refractivity contribution in [3.05, 3.63) is 211 Å². The third kappa shape index (κ3) is 7.66. The van der Waals surface area contributed by atoms with Crippen LogP contribution in [0.2, 0.25) is 0 Å². The number of fused-ring (bicyclic) bond motifs is 2. The SMILES string of the molecule is N#C/C(=C/C=C/c1ccc(-c2ccc(-c3cc(N(c4ccccc4)c4cccc5ccccc45)cc(N(c4ccccc4)c4cccc5ccccc45)c3)s2)s1)C(=O)O. The van der Waals surface area contributed by atoms with Crippen molar-refractivity contribution in [2.24, 2.45) is 0 Å². The van der Waals surface area contributed by atoms with Crippen LogP contribution in [0, 0.1) is 11.3 Å². The highest BCUT2D eigenvalue weighted by Gasteiger charge is 2.22. The summed E-state index contributed by atoms with van der Waals surface area (Å²) in [6, 6.07) is 68.3. The number of hydrogen-bond acceptors (Lipinski definition) is 6. The quantitative estimate of drug-likeness (QED) is 0.0802. The van der Waals surface area contributed by atoms with Crippen molar-refractivity contribution in [1.29, 1.82) is 5.26 Å². The number of allylic oxidation sites excluding steroid dienone is 2. The molecule has 0 aliphatic rings. The number of nitrogens with zero attached hydrogens (tertiary/aromatic N) is 3. The van der Waals surface area contributed by atoms with Crippen LogP contribution in [-0.4, -0.2) is 11.1 Å². The second-order valence-corrected chi connectivity index (χ2v) is 16.0. The fourth-order valence-electron chi connectivity index (χ4n) is 7.41. The molecule has 9 rings (SSSR count). The van der Waals surface area contributed by atoms with Gasteiger partial charge in [0, 0.05) is 53.0 Å². The van der Waals surface area contributed by atoms with E-state index in [0.29, 0.717) is 0 Å². The van der Waals surface area contributed by atoms with Gasteiger partial charge in [0.15, 0.2) is 0 Å². The molecule has 0 unspecified atom stereocenters. The molecule has 0 saturated heterocycles. The van der Waals surface area contributed by atoms with Gasteiger partial charge in [-0.3, -0.25) is 0 Å². The third-order valence-electron chi connectivity index (χ3n) is 10.1. The molecule has 7 heteroatoms. The summed E-state index contributed by atoms with van der Waals surface area (Å²) in [7, 11) is 0. The summed E-state index contributed by atoms with van der Waals surface area (Å²) in [5.41, 5.74) is 7.08. The van der Waals surface area contributed by atoms with E-state index in [0.717, 1.165) is 70.0 Å². The van der Waals surface area contributed by atoms with Crippen LogP contribution in [-0.2, 0) is 4.79 Å². The van der Waals surface area contributed by atoms with E-state index in [-0.39, 0.29) is 5.57 Å². The second kappa shape index (κ2) is 16.5. The molecule has 2 heterocycles. The molecule has 0 radical (unpaired) electrons. The molecular weight excluding hydrogens is 763 g/mol. The minimum Gasteiger partial charge on any atom is -0.477 e. The Kier molecular flexibility index (Phi) is 10.4. The molecule has 9 aromatic rings. The van der Waals surface area contributed by atoms with E-state index in [1.165, 1.54) is 16.8 Å². The first-order valence-electron chi connectivity index (χ1n) is 19.1. The lowest BCUT2D eigenvalue weighted by molar-refractivity contribution is -0.132. The Morgan fingerprint density at radius 1 is 0.525 bits per heavy atom. The summed E-state index contributed by atoms with van der Waals surface area (Å²) in [5.74, 6) is -1.24. The number of hydrogen-bond donors (Lipinski definition) is 1. The lowest BCUT2D eigenvalue weighted by Crippen LogP contribution is -2.14. The molecule has 282 valence electrons. The average Bonchev–Trinajstić information content (AvgIpc) is 3.97. The van der Waals surface area contributed by atoms with Crippen LogP contribution in [0.1, 0.15) is 4.88 Å². The van der Waals surface area contributed by atoms with E-state index >= 15 is 0 Å². The number of para-hydroxylation sites is 2. The molecule has 7 aromatic carbocycles. The van der Waals surface area contributed by atoms with Gasteiger partial charge in [-0.2, -0.15) is 5.26 Å². The largest absolute Gasteiger partial charge is 0.477 e. The van der Waals surface area contributed by atoms with Crippen LogP contribution in [0.3, 0.4) is 0 Å². The predicted octanol–water partition coefficient (Wildman–Crippen LogP) is 14.9. The van der Waals surface area contributed by atoms with Gasteiger partial charge in [0.25, 0.3) is 0 Å². The molecule has 59 heavy (non-hydrogen) atoms. The smallest absolute Gasteiger partial charge is 0.346 e. The van der Waals surface area contributed by atoms with E-state index < -0.39 is 5.97 Å². The van der Waals surface area contributed by atoms with Crippen LogP contribution in [0.4, 0.5) is 34.1 Å². The normalized spacial score (nSPS) is 11.5. The van der Waals surface area contributed by atoms with Crippen LogP contribution in [0.15, 0.2) is 206 Å². The highest BCUT2D eigenvalue weighted by atomic mass is 32.1. The first-order chi connectivity index (χ1) is 29.0. The maximum absolute atomic E-state index is 11.3. The fourth-order valence-corrected chi connectivity index (χ4v) is 9.41. The third-order valence-corrected chi connectivity index (χ3v) is 12.5. The van der Waals surface area contributed by atoms with E-state index in [4.69, 9.17) is 5.26 Å². The summed E-state index contributed by atoms with van der Waals surface area (Å²) in [5, 5.41) is 23.0.